The van der Waals surface area contributed by atoms with Crippen LogP contribution in [0.25, 0.3) is 0 Å². The second-order valence-electron chi connectivity index (χ2n) is 4.71. The lowest BCUT2D eigenvalue weighted by Gasteiger charge is -2.24. The zero-order chi connectivity index (χ0) is 13.1. The van der Waals surface area contributed by atoms with Crippen LogP contribution in [0.1, 0.15) is 29.3 Å². The van der Waals surface area contributed by atoms with Crippen molar-refractivity contribution in [2.75, 3.05) is 13.7 Å². The van der Waals surface area contributed by atoms with Gasteiger partial charge in [-0.3, -0.25) is 0 Å². The Hall–Kier alpha value is -1.94. The first-order valence-electron chi connectivity index (χ1n) is 6.55. The standard InChI is InChI=1S/C15H17N3O/c1-16-8-11-9-17-15(18-10-11)13-6-7-19-14-5-3-2-4-12(13)14/h2-5,9-10,13,16H,6-8H2,1H3. The Morgan fingerprint density at radius 1 is 1.26 bits per heavy atom. The molecule has 0 saturated heterocycles. The van der Waals surface area contributed by atoms with E-state index in [9.17, 15) is 0 Å². The van der Waals surface area contributed by atoms with E-state index < -0.39 is 0 Å². The first-order chi connectivity index (χ1) is 9.38. The predicted octanol–water partition coefficient (Wildman–Crippen LogP) is 2.11. The van der Waals surface area contributed by atoms with Gasteiger partial charge in [-0.2, -0.15) is 0 Å². The summed E-state index contributed by atoms with van der Waals surface area (Å²) in [6.07, 6.45) is 4.73. The van der Waals surface area contributed by atoms with E-state index in [1.54, 1.807) is 0 Å². The largest absolute Gasteiger partial charge is 0.493 e. The fourth-order valence-electron chi connectivity index (χ4n) is 2.45. The molecule has 1 aromatic carbocycles. The monoisotopic (exact) mass is 255 g/mol. The molecule has 1 unspecified atom stereocenters. The summed E-state index contributed by atoms with van der Waals surface area (Å²) in [6, 6.07) is 8.15. The fourth-order valence-corrected chi connectivity index (χ4v) is 2.45. The van der Waals surface area contributed by atoms with Gasteiger partial charge in [0.05, 0.1) is 12.5 Å². The van der Waals surface area contributed by atoms with E-state index in [1.807, 2.05) is 37.6 Å². The van der Waals surface area contributed by atoms with Gasteiger partial charge in [0.15, 0.2) is 0 Å². The third kappa shape index (κ3) is 2.44. The maximum Gasteiger partial charge on any atom is 0.135 e. The fraction of sp³-hybridized carbons (Fsp3) is 0.333. The van der Waals surface area contributed by atoms with Crippen molar-refractivity contribution in [1.82, 2.24) is 15.3 Å². The maximum atomic E-state index is 5.67. The maximum absolute atomic E-state index is 5.67. The number of ether oxygens (including phenoxy) is 1. The van der Waals surface area contributed by atoms with Crippen LogP contribution >= 0.6 is 0 Å². The number of hydrogen-bond acceptors (Lipinski definition) is 4. The Kier molecular flexibility index (Phi) is 3.42. The molecule has 1 aromatic heterocycles. The van der Waals surface area contributed by atoms with Crippen LogP contribution in [0.4, 0.5) is 0 Å². The van der Waals surface area contributed by atoms with Gasteiger partial charge in [-0.05, 0) is 19.5 Å². The Morgan fingerprint density at radius 3 is 2.84 bits per heavy atom. The van der Waals surface area contributed by atoms with Crippen LogP contribution < -0.4 is 10.1 Å². The summed E-state index contributed by atoms with van der Waals surface area (Å²) in [5, 5.41) is 3.10. The number of nitrogens with one attached hydrogen (secondary N) is 1. The van der Waals surface area contributed by atoms with Crippen molar-refractivity contribution in [3.05, 3.63) is 53.6 Å². The molecule has 1 aliphatic rings. The Bertz CT molecular complexity index is 554. The first kappa shape index (κ1) is 12.1. The van der Waals surface area contributed by atoms with Gasteiger partial charge in [0.1, 0.15) is 11.6 Å². The van der Waals surface area contributed by atoms with E-state index >= 15 is 0 Å². The van der Waals surface area contributed by atoms with Crippen LogP contribution in [-0.4, -0.2) is 23.6 Å². The quantitative estimate of drug-likeness (QED) is 0.912. The smallest absolute Gasteiger partial charge is 0.135 e. The molecule has 1 atom stereocenters. The summed E-state index contributed by atoms with van der Waals surface area (Å²) in [4.78, 5) is 9.03. The molecule has 0 bridgehead atoms. The van der Waals surface area contributed by atoms with Crippen molar-refractivity contribution in [3.63, 3.8) is 0 Å². The highest BCUT2D eigenvalue weighted by Crippen LogP contribution is 2.36. The molecule has 0 fully saturated rings. The summed E-state index contributed by atoms with van der Waals surface area (Å²) < 4.78 is 5.67. The zero-order valence-electron chi connectivity index (χ0n) is 11.0. The van der Waals surface area contributed by atoms with Gasteiger partial charge in [-0.1, -0.05) is 18.2 Å². The van der Waals surface area contributed by atoms with Crippen molar-refractivity contribution in [3.8, 4) is 5.75 Å². The van der Waals surface area contributed by atoms with Gasteiger partial charge in [0.25, 0.3) is 0 Å². The second-order valence-corrected chi connectivity index (χ2v) is 4.71. The summed E-state index contributed by atoms with van der Waals surface area (Å²) in [5.41, 5.74) is 2.29. The van der Waals surface area contributed by atoms with Gasteiger partial charge in [0, 0.05) is 30.1 Å². The molecule has 1 N–H and O–H groups in total. The number of aromatic nitrogens is 2. The minimum Gasteiger partial charge on any atom is -0.493 e. The highest BCUT2D eigenvalue weighted by atomic mass is 16.5. The molecule has 1 aliphatic heterocycles. The molecule has 0 aliphatic carbocycles. The highest BCUT2D eigenvalue weighted by Gasteiger charge is 2.24. The van der Waals surface area contributed by atoms with Crippen LogP contribution in [0.3, 0.4) is 0 Å². The van der Waals surface area contributed by atoms with Crippen LogP contribution in [0.5, 0.6) is 5.75 Å². The minimum absolute atomic E-state index is 0.244. The molecule has 0 saturated carbocycles. The number of hydrogen-bond donors (Lipinski definition) is 1. The second kappa shape index (κ2) is 5.36. The van der Waals surface area contributed by atoms with Gasteiger partial charge in [-0.15, -0.1) is 0 Å². The lowest BCUT2D eigenvalue weighted by atomic mass is 9.92. The minimum atomic E-state index is 0.244. The molecule has 19 heavy (non-hydrogen) atoms. The summed E-state index contributed by atoms with van der Waals surface area (Å²) in [5.74, 6) is 2.09. The molecule has 98 valence electrons. The van der Waals surface area contributed by atoms with Gasteiger partial charge in [-0.25, -0.2) is 9.97 Å². The van der Waals surface area contributed by atoms with Crippen molar-refractivity contribution in [2.45, 2.75) is 18.9 Å². The zero-order valence-corrected chi connectivity index (χ0v) is 11.0. The molecule has 0 radical (unpaired) electrons. The normalized spacial score (nSPS) is 17.6. The number of rotatable bonds is 3. The molecule has 3 rings (SSSR count). The average Bonchev–Trinajstić information content (AvgIpc) is 2.48. The number of nitrogens with zero attached hydrogens (tertiary/aromatic N) is 2. The number of benzene rings is 1. The molecule has 0 spiro atoms. The van der Waals surface area contributed by atoms with E-state index in [0.717, 1.165) is 36.7 Å². The van der Waals surface area contributed by atoms with Crippen molar-refractivity contribution in [1.29, 1.82) is 0 Å². The van der Waals surface area contributed by atoms with Crippen molar-refractivity contribution >= 4 is 0 Å². The lowest BCUT2D eigenvalue weighted by molar-refractivity contribution is 0.274. The summed E-state index contributed by atoms with van der Waals surface area (Å²) in [7, 11) is 1.92. The highest BCUT2D eigenvalue weighted by molar-refractivity contribution is 5.40. The first-order valence-corrected chi connectivity index (χ1v) is 6.55. The molecular weight excluding hydrogens is 238 g/mol. The van der Waals surface area contributed by atoms with Crippen LogP contribution in [0, 0.1) is 0 Å². The number of fused-ring (bicyclic) bond motifs is 1. The van der Waals surface area contributed by atoms with Crippen LogP contribution in [0.15, 0.2) is 36.7 Å². The SMILES string of the molecule is CNCc1cnc(C2CCOc3ccccc32)nc1. The van der Waals surface area contributed by atoms with Gasteiger partial charge < -0.3 is 10.1 Å². The third-order valence-corrected chi connectivity index (χ3v) is 3.38. The summed E-state index contributed by atoms with van der Waals surface area (Å²) in [6.45, 7) is 1.52. The van der Waals surface area contributed by atoms with Crippen LogP contribution in [0.2, 0.25) is 0 Å². The molecule has 4 nitrogen and oxygen atoms in total. The Morgan fingerprint density at radius 2 is 2.05 bits per heavy atom. The third-order valence-electron chi connectivity index (χ3n) is 3.38. The van der Waals surface area contributed by atoms with E-state index in [2.05, 4.69) is 21.4 Å². The molecule has 2 aromatic rings. The van der Waals surface area contributed by atoms with Gasteiger partial charge >= 0.3 is 0 Å². The van der Waals surface area contributed by atoms with Crippen LogP contribution in [-0.2, 0) is 6.54 Å². The predicted molar refractivity (Wildman–Crippen MR) is 73.2 cm³/mol. The van der Waals surface area contributed by atoms with E-state index in [1.165, 1.54) is 5.56 Å². The Labute approximate surface area is 112 Å². The Balaban J connectivity index is 1.90. The molecular formula is C15H17N3O. The van der Waals surface area contributed by atoms with Crippen molar-refractivity contribution < 1.29 is 4.74 Å². The lowest BCUT2D eigenvalue weighted by Crippen LogP contribution is -2.17. The molecule has 2 heterocycles. The van der Waals surface area contributed by atoms with Gasteiger partial charge in [0.2, 0.25) is 0 Å². The molecule has 0 amide bonds. The average molecular weight is 255 g/mol. The van der Waals surface area contributed by atoms with E-state index in [-0.39, 0.29) is 5.92 Å². The van der Waals surface area contributed by atoms with E-state index in [4.69, 9.17) is 4.74 Å². The topological polar surface area (TPSA) is 47.0 Å². The summed E-state index contributed by atoms with van der Waals surface area (Å²) >= 11 is 0. The van der Waals surface area contributed by atoms with E-state index in [0.29, 0.717) is 0 Å². The number of para-hydroxylation sites is 1. The molecule has 4 heteroatoms. The van der Waals surface area contributed by atoms with Crippen molar-refractivity contribution in [2.24, 2.45) is 0 Å².